The van der Waals surface area contributed by atoms with Crippen LogP contribution in [-0.2, 0) is 0 Å². The zero-order valence-corrected chi connectivity index (χ0v) is 22.2. The molecule has 0 spiro atoms. The second kappa shape index (κ2) is 18.0. The lowest BCUT2D eigenvalue weighted by Gasteiger charge is -2.44. The summed E-state index contributed by atoms with van der Waals surface area (Å²) in [6.45, 7) is 30.1. The zero-order chi connectivity index (χ0) is 22.9. The van der Waals surface area contributed by atoms with Gasteiger partial charge in [0.2, 0.25) is 0 Å². The van der Waals surface area contributed by atoms with Crippen molar-refractivity contribution in [1.82, 2.24) is 0 Å². The second-order valence-electron chi connectivity index (χ2n) is 7.34. The quantitative estimate of drug-likeness (QED) is 0.419. The zero-order valence-electron chi connectivity index (χ0n) is 22.2. The third-order valence-corrected chi connectivity index (χ3v) is 5.32. The topological polar surface area (TPSA) is 0 Å². The molecule has 0 aliphatic heterocycles. The molecule has 1 aliphatic rings. The van der Waals surface area contributed by atoms with Crippen LogP contribution in [0.5, 0.6) is 0 Å². The van der Waals surface area contributed by atoms with Gasteiger partial charge in [0.1, 0.15) is 0 Å². The molecule has 0 aromatic rings. The van der Waals surface area contributed by atoms with Crippen LogP contribution in [0.25, 0.3) is 0 Å². The van der Waals surface area contributed by atoms with Gasteiger partial charge in [-0.25, -0.2) is 0 Å². The van der Waals surface area contributed by atoms with Gasteiger partial charge >= 0.3 is 0 Å². The van der Waals surface area contributed by atoms with Gasteiger partial charge in [-0.2, -0.15) is 0 Å². The maximum atomic E-state index is 2.30. The Labute approximate surface area is 180 Å². The van der Waals surface area contributed by atoms with Crippen molar-refractivity contribution < 1.29 is 0 Å². The summed E-state index contributed by atoms with van der Waals surface area (Å²) >= 11 is 0. The monoisotopic (exact) mass is 390 g/mol. The van der Waals surface area contributed by atoms with Gasteiger partial charge in [-0.1, -0.05) is 95.2 Å². The molecule has 0 saturated heterocycles. The maximum absolute atomic E-state index is 2.30. The van der Waals surface area contributed by atoms with Crippen LogP contribution in [0, 0.1) is 5.41 Å². The summed E-state index contributed by atoms with van der Waals surface area (Å²) in [5.41, 5.74) is 9.33. The largest absolute Gasteiger partial charge is 0.0844 e. The van der Waals surface area contributed by atoms with Gasteiger partial charge in [-0.05, 0) is 79.4 Å². The lowest BCUT2D eigenvalue weighted by atomic mass is 9.59. The molecule has 0 radical (unpaired) electrons. The minimum absolute atomic E-state index is 0.225. The Morgan fingerprint density at radius 1 is 0.536 bits per heavy atom. The van der Waals surface area contributed by atoms with Gasteiger partial charge in [0.05, 0.1) is 0 Å². The fraction of sp³-hybridized carbons (Fsp3) is 0.714. The molecule has 1 aliphatic carbocycles. The summed E-state index contributed by atoms with van der Waals surface area (Å²) in [7, 11) is 0. The van der Waals surface area contributed by atoms with Crippen molar-refractivity contribution in [3.8, 4) is 0 Å². The molecular formula is C28H54. The van der Waals surface area contributed by atoms with E-state index in [2.05, 4.69) is 67.5 Å². The van der Waals surface area contributed by atoms with Gasteiger partial charge in [0.15, 0.2) is 0 Å². The third-order valence-electron chi connectivity index (χ3n) is 5.32. The van der Waals surface area contributed by atoms with E-state index in [9.17, 15) is 0 Å². The van der Waals surface area contributed by atoms with Crippen LogP contribution in [0.15, 0.2) is 45.6 Å². The average molecular weight is 391 g/mol. The molecular weight excluding hydrogens is 336 g/mol. The normalized spacial score (nSPS) is 15.5. The van der Waals surface area contributed by atoms with Crippen molar-refractivity contribution in [1.29, 1.82) is 0 Å². The summed E-state index contributed by atoms with van der Waals surface area (Å²) in [5.74, 6) is 0. The third kappa shape index (κ3) is 8.54. The Hall–Kier alpha value is -1.04. The molecule has 0 bridgehead atoms. The molecule has 28 heavy (non-hydrogen) atoms. The Kier molecular flexibility index (Phi) is 20.4. The van der Waals surface area contributed by atoms with Crippen LogP contribution in [0.4, 0.5) is 0 Å². The van der Waals surface area contributed by atoms with Gasteiger partial charge in [0, 0.05) is 5.41 Å². The standard InChI is InChI=1S/C22H36.3C2H6/c1-9-18(7)20(16(3)4)22(14-12-11-13-15-22)21(17(5)6)19(8)10-2;3*1-2/h9-10H,11-15H2,1-8H3;3*1-2H3/b18-9-,19-10-;;;. The van der Waals surface area contributed by atoms with Gasteiger partial charge < -0.3 is 0 Å². The molecule has 0 unspecified atom stereocenters. The molecule has 0 N–H and O–H groups in total. The molecule has 0 heteroatoms. The first-order valence-corrected chi connectivity index (χ1v) is 11.9. The molecule has 0 aromatic heterocycles. The van der Waals surface area contributed by atoms with Crippen LogP contribution >= 0.6 is 0 Å². The highest BCUT2D eigenvalue weighted by molar-refractivity contribution is 5.51. The number of hydrogen-bond acceptors (Lipinski definition) is 0. The summed E-state index contributed by atoms with van der Waals surface area (Å²) in [5, 5.41) is 0. The van der Waals surface area contributed by atoms with Crippen molar-refractivity contribution in [2.45, 2.75) is 129 Å². The van der Waals surface area contributed by atoms with E-state index in [1.165, 1.54) is 54.4 Å². The highest BCUT2D eigenvalue weighted by Crippen LogP contribution is 2.54. The molecule has 0 heterocycles. The van der Waals surface area contributed by atoms with Crippen LogP contribution in [0.2, 0.25) is 0 Å². The van der Waals surface area contributed by atoms with Crippen LogP contribution in [0.3, 0.4) is 0 Å². The maximum Gasteiger partial charge on any atom is 0.0206 e. The second-order valence-corrected chi connectivity index (χ2v) is 7.34. The Bertz CT molecular complexity index is 464. The van der Waals surface area contributed by atoms with E-state index in [1.54, 1.807) is 11.1 Å². The smallest absolute Gasteiger partial charge is 0.0206 e. The SMILES string of the molecule is C/C=C(/C)C(=C(C)C)C1(C(=C(C)C)/C(C)=C\C)CCCCC1.CC.CC.CC. The molecule has 1 rings (SSSR count). The summed E-state index contributed by atoms with van der Waals surface area (Å²) < 4.78 is 0. The fourth-order valence-corrected chi connectivity index (χ4v) is 4.57. The van der Waals surface area contributed by atoms with E-state index >= 15 is 0 Å². The predicted molar refractivity (Wildman–Crippen MR) is 135 cm³/mol. The minimum Gasteiger partial charge on any atom is -0.0844 e. The summed E-state index contributed by atoms with van der Waals surface area (Å²) in [4.78, 5) is 0. The summed E-state index contributed by atoms with van der Waals surface area (Å²) in [6, 6.07) is 0. The lowest BCUT2D eigenvalue weighted by Crippen LogP contribution is -2.31. The first-order chi connectivity index (χ1) is 13.3. The highest BCUT2D eigenvalue weighted by Gasteiger charge is 2.40. The van der Waals surface area contributed by atoms with E-state index in [4.69, 9.17) is 0 Å². The molecule has 0 nitrogen and oxygen atoms in total. The highest BCUT2D eigenvalue weighted by atomic mass is 14.4. The van der Waals surface area contributed by atoms with Crippen molar-refractivity contribution in [3.05, 3.63) is 45.6 Å². The van der Waals surface area contributed by atoms with E-state index in [-0.39, 0.29) is 5.41 Å². The minimum atomic E-state index is 0.225. The number of rotatable bonds is 4. The van der Waals surface area contributed by atoms with E-state index in [0.29, 0.717) is 0 Å². The average Bonchev–Trinajstić information content (AvgIpc) is 2.72. The van der Waals surface area contributed by atoms with Crippen LogP contribution in [0.1, 0.15) is 129 Å². The molecule has 1 saturated carbocycles. The van der Waals surface area contributed by atoms with Crippen molar-refractivity contribution in [2.24, 2.45) is 5.41 Å². The predicted octanol–water partition coefficient (Wildman–Crippen LogP) is 10.6. The molecule has 1 fully saturated rings. The first-order valence-electron chi connectivity index (χ1n) is 11.9. The molecule has 0 amide bonds. The fourth-order valence-electron chi connectivity index (χ4n) is 4.57. The number of hydrogen-bond donors (Lipinski definition) is 0. The van der Waals surface area contributed by atoms with Gasteiger partial charge in [-0.3, -0.25) is 0 Å². The Morgan fingerprint density at radius 3 is 1.04 bits per heavy atom. The van der Waals surface area contributed by atoms with Crippen LogP contribution in [-0.4, -0.2) is 0 Å². The Morgan fingerprint density at radius 2 is 0.821 bits per heavy atom. The van der Waals surface area contributed by atoms with E-state index in [0.717, 1.165) is 0 Å². The van der Waals surface area contributed by atoms with Crippen molar-refractivity contribution >= 4 is 0 Å². The van der Waals surface area contributed by atoms with E-state index in [1.807, 2.05) is 41.5 Å². The van der Waals surface area contributed by atoms with Gasteiger partial charge in [-0.15, -0.1) is 0 Å². The van der Waals surface area contributed by atoms with Gasteiger partial charge in [0.25, 0.3) is 0 Å². The van der Waals surface area contributed by atoms with Crippen molar-refractivity contribution in [2.75, 3.05) is 0 Å². The molecule has 0 aromatic carbocycles. The summed E-state index contributed by atoms with van der Waals surface area (Å²) in [6.07, 6.45) is 11.3. The Balaban J connectivity index is -0.000000946. The van der Waals surface area contributed by atoms with Crippen LogP contribution < -0.4 is 0 Å². The molecule has 0 atom stereocenters. The first kappa shape index (κ1) is 31.6. The molecule has 166 valence electrons. The van der Waals surface area contributed by atoms with E-state index < -0.39 is 0 Å². The van der Waals surface area contributed by atoms with Crippen molar-refractivity contribution in [3.63, 3.8) is 0 Å². The number of allylic oxidation sites excluding steroid dienone is 8. The lowest BCUT2D eigenvalue weighted by molar-refractivity contribution is 0.291.